The van der Waals surface area contributed by atoms with Gasteiger partial charge in [-0.1, -0.05) is 60.7 Å². The molecule has 0 saturated carbocycles. The van der Waals surface area contributed by atoms with E-state index in [-0.39, 0.29) is 29.9 Å². The van der Waals surface area contributed by atoms with E-state index in [1.807, 2.05) is 60.7 Å². The third-order valence-electron chi connectivity index (χ3n) is 5.74. The molecule has 9 nitrogen and oxygen atoms in total. The van der Waals surface area contributed by atoms with Crippen molar-refractivity contribution in [2.24, 2.45) is 0 Å². The van der Waals surface area contributed by atoms with Crippen LogP contribution in [0.25, 0.3) is 0 Å². The largest absolute Gasteiger partial charge is 0.373 e. The highest BCUT2D eigenvalue weighted by Gasteiger charge is 2.18. The number of nitrogens with zero attached hydrogens (tertiary/aromatic N) is 1. The summed E-state index contributed by atoms with van der Waals surface area (Å²) in [7, 11) is 0. The molecule has 2 N–H and O–H groups in total. The Kier molecular flexibility index (Phi) is 8.75. The average Bonchev–Trinajstić information content (AvgIpc) is 2.92. The van der Waals surface area contributed by atoms with Crippen molar-refractivity contribution in [3.63, 3.8) is 0 Å². The summed E-state index contributed by atoms with van der Waals surface area (Å²) in [4.78, 5) is 36.4. The summed E-state index contributed by atoms with van der Waals surface area (Å²) in [6.45, 7) is 2.27. The van der Waals surface area contributed by atoms with Gasteiger partial charge in [0.1, 0.15) is 0 Å². The van der Waals surface area contributed by atoms with Crippen LogP contribution in [0.2, 0.25) is 0 Å². The van der Waals surface area contributed by atoms with Crippen LogP contribution in [0.1, 0.15) is 43.0 Å². The number of hydrogen-bond acceptors (Lipinski definition) is 6. The predicted molar refractivity (Wildman–Crippen MR) is 137 cm³/mol. The summed E-state index contributed by atoms with van der Waals surface area (Å²) in [5.74, 6) is -1.03. The summed E-state index contributed by atoms with van der Waals surface area (Å²) in [6.07, 6.45) is 3.83. The van der Waals surface area contributed by atoms with Crippen LogP contribution in [-0.4, -0.2) is 30.0 Å². The molecule has 0 radical (unpaired) electrons. The van der Waals surface area contributed by atoms with E-state index in [0.29, 0.717) is 26.4 Å². The second-order valence-electron chi connectivity index (χ2n) is 8.53. The Morgan fingerprint density at radius 1 is 0.649 bits per heavy atom. The maximum atomic E-state index is 12.8. The molecular formula is C28H27N3O6. The van der Waals surface area contributed by atoms with Crippen LogP contribution in [0.4, 0.5) is 5.69 Å². The van der Waals surface area contributed by atoms with Crippen molar-refractivity contribution in [3.8, 4) is 0 Å². The van der Waals surface area contributed by atoms with Crippen molar-refractivity contribution < 1.29 is 24.0 Å². The molecule has 0 atom stereocenters. The first-order valence-corrected chi connectivity index (χ1v) is 11.8. The second-order valence-corrected chi connectivity index (χ2v) is 8.53. The highest BCUT2D eigenvalue weighted by atomic mass is 16.6. The molecule has 9 heteroatoms. The molecule has 2 amide bonds. The molecule has 0 saturated heterocycles. The van der Waals surface area contributed by atoms with Crippen LogP contribution in [0.5, 0.6) is 0 Å². The first-order chi connectivity index (χ1) is 18.0. The molecule has 6 bridgehead atoms. The van der Waals surface area contributed by atoms with E-state index in [0.717, 1.165) is 34.4 Å². The summed E-state index contributed by atoms with van der Waals surface area (Å²) in [5, 5.41) is 17.0. The summed E-state index contributed by atoms with van der Waals surface area (Å²) in [5.41, 5.74) is 3.42. The normalized spacial score (nSPS) is 16.2. The number of carbonyl (C=O) groups is 2. The number of ether oxygens (including phenoxy) is 2. The van der Waals surface area contributed by atoms with Gasteiger partial charge in [0.05, 0.1) is 31.4 Å². The molecular weight excluding hydrogens is 474 g/mol. The van der Waals surface area contributed by atoms with Crippen molar-refractivity contribution in [1.29, 1.82) is 0 Å². The molecule has 37 heavy (non-hydrogen) atoms. The fourth-order valence-electron chi connectivity index (χ4n) is 3.68. The number of nitrogens with one attached hydrogen (secondary N) is 2. The van der Waals surface area contributed by atoms with Crippen LogP contribution >= 0.6 is 0 Å². The van der Waals surface area contributed by atoms with E-state index in [1.165, 1.54) is 6.07 Å². The monoisotopic (exact) mass is 501 g/mol. The molecule has 7 rings (SSSR count). The standard InChI is InChI=1S/C28H27N3O6/c32-27-24-13-25(15-26(14-24)31(34)35)28(33)30-17-21-5-9-23(10-6-21)19-37-12-2-1-11-36-18-22-7-3-20(4-8-22)16-29-27/h1-10,13-15H,11-12,16-19H2,(H,29,32)(H,30,33)/b2-1-. The molecule has 4 heterocycles. The van der Waals surface area contributed by atoms with Gasteiger partial charge in [-0.25, -0.2) is 0 Å². The second kappa shape index (κ2) is 12.6. The van der Waals surface area contributed by atoms with Gasteiger partial charge in [0.15, 0.2) is 0 Å². The summed E-state index contributed by atoms with van der Waals surface area (Å²) in [6, 6.07) is 18.8. The Morgan fingerprint density at radius 3 is 1.46 bits per heavy atom. The summed E-state index contributed by atoms with van der Waals surface area (Å²) >= 11 is 0. The number of non-ortho nitro benzene ring substituents is 1. The molecule has 3 aromatic carbocycles. The fraction of sp³-hybridized carbons (Fsp3) is 0.214. The predicted octanol–water partition coefficient (Wildman–Crippen LogP) is 4.06. The zero-order valence-electron chi connectivity index (χ0n) is 20.1. The number of carbonyl (C=O) groups excluding carboxylic acids is 2. The minimum absolute atomic E-state index is 0.0345. The SMILES string of the molecule is O=C1NCc2ccc(cc2)COC/C=C\COCc2ccc(cc2)CNC(=O)c2cc1cc([N+](=O)[O-])c2. The Bertz CT molecular complexity index is 1200. The lowest BCUT2D eigenvalue weighted by Gasteiger charge is -2.10. The van der Waals surface area contributed by atoms with Crippen molar-refractivity contribution in [3.05, 3.63) is 122 Å². The number of nitro benzene ring substituents is 1. The third kappa shape index (κ3) is 7.57. The van der Waals surface area contributed by atoms with Gasteiger partial charge < -0.3 is 20.1 Å². The number of hydrogen-bond donors (Lipinski definition) is 2. The molecule has 0 spiro atoms. The molecule has 0 aliphatic carbocycles. The van der Waals surface area contributed by atoms with Gasteiger partial charge in [0, 0.05) is 36.3 Å². The smallest absolute Gasteiger partial charge is 0.271 e. The lowest BCUT2D eigenvalue weighted by atomic mass is 10.1. The van der Waals surface area contributed by atoms with E-state index >= 15 is 0 Å². The van der Waals surface area contributed by atoms with Crippen LogP contribution in [0.15, 0.2) is 78.9 Å². The van der Waals surface area contributed by atoms with Crippen LogP contribution in [0, 0.1) is 10.1 Å². The Balaban J connectivity index is 1.54. The van der Waals surface area contributed by atoms with E-state index < -0.39 is 16.7 Å². The number of rotatable bonds is 1. The van der Waals surface area contributed by atoms with E-state index in [4.69, 9.17) is 9.47 Å². The molecule has 4 aliphatic heterocycles. The van der Waals surface area contributed by atoms with Gasteiger partial charge >= 0.3 is 0 Å². The molecule has 0 unspecified atom stereocenters. The van der Waals surface area contributed by atoms with Gasteiger partial charge in [0.25, 0.3) is 17.5 Å². The quantitative estimate of drug-likeness (QED) is 0.295. The number of benzene rings is 3. The van der Waals surface area contributed by atoms with E-state index in [1.54, 1.807) is 0 Å². The van der Waals surface area contributed by atoms with Crippen LogP contribution < -0.4 is 10.6 Å². The lowest BCUT2D eigenvalue weighted by molar-refractivity contribution is -0.384. The Labute approximate surface area is 214 Å². The fourth-order valence-corrected chi connectivity index (χ4v) is 3.68. The lowest BCUT2D eigenvalue weighted by Crippen LogP contribution is -2.25. The van der Waals surface area contributed by atoms with Crippen molar-refractivity contribution in [1.82, 2.24) is 10.6 Å². The third-order valence-corrected chi connectivity index (χ3v) is 5.74. The zero-order valence-corrected chi connectivity index (χ0v) is 20.1. The minimum Gasteiger partial charge on any atom is -0.373 e. The van der Waals surface area contributed by atoms with E-state index in [9.17, 15) is 19.7 Å². The van der Waals surface area contributed by atoms with Crippen molar-refractivity contribution in [2.75, 3.05) is 13.2 Å². The van der Waals surface area contributed by atoms with Crippen LogP contribution in [0.3, 0.4) is 0 Å². The van der Waals surface area contributed by atoms with Crippen LogP contribution in [-0.2, 0) is 35.8 Å². The Morgan fingerprint density at radius 2 is 1.05 bits per heavy atom. The van der Waals surface area contributed by atoms with Gasteiger partial charge in [-0.15, -0.1) is 0 Å². The van der Waals surface area contributed by atoms with Crippen molar-refractivity contribution in [2.45, 2.75) is 26.3 Å². The Hall–Kier alpha value is -4.34. The maximum absolute atomic E-state index is 12.8. The zero-order chi connectivity index (χ0) is 26.0. The van der Waals surface area contributed by atoms with Gasteiger partial charge in [-0.05, 0) is 28.3 Å². The maximum Gasteiger partial charge on any atom is 0.271 e. The number of nitro groups is 1. The number of amides is 2. The van der Waals surface area contributed by atoms with Gasteiger partial charge in [0.2, 0.25) is 0 Å². The van der Waals surface area contributed by atoms with E-state index in [2.05, 4.69) is 10.6 Å². The first kappa shape index (κ1) is 25.7. The average molecular weight is 502 g/mol. The summed E-state index contributed by atoms with van der Waals surface area (Å²) < 4.78 is 11.3. The van der Waals surface area contributed by atoms with Crippen molar-refractivity contribution >= 4 is 17.5 Å². The highest BCUT2D eigenvalue weighted by Crippen LogP contribution is 2.18. The molecule has 190 valence electrons. The molecule has 3 aromatic rings. The first-order valence-electron chi connectivity index (χ1n) is 11.8. The highest BCUT2D eigenvalue weighted by molar-refractivity contribution is 6.00. The molecule has 0 fully saturated rings. The minimum atomic E-state index is -0.623. The topological polar surface area (TPSA) is 120 Å². The molecule has 4 aliphatic rings. The van der Waals surface area contributed by atoms with Gasteiger partial charge in [-0.3, -0.25) is 19.7 Å². The van der Waals surface area contributed by atoms with Gasteiger partial charge in [-0.2, -0.15) is 0 Å². The molecule has 0 aromatic heterocycles.